The molecule has 0 spiro atoms. The molecule has 5 nitrogen and oxygen atoms in total. The Kier molecular flexibility index (Phi) is 4.44. The number of imidazole rings is 1. The van der Waals surface area contributed by atoms with E-state index in [1.54, 1.807) is 0 Å². The lowest BCUT2D eigenvalue weighted by molar-refractivity contribution is -0.134. The van der Waals surface area contributed by atoms with Gasteiger partial charge in [0.05, 0.1) is 11.6 Å². The zero-order chi connectivity index (χ0) is 17.6. The molecule has 1 amide bonds. The fourth-order valence-electron chi connectivity index (χ4n) is 5.02. The van der Waals surface area contributed by atoms with Gasteiger partial charge in [-0.15, -0.1) is 0 Å². The van der Waals surface area contributed by atoms with Crippen LogP contribution < -0.4 is 0 Å². The number of aromatic nitrogens is 2. The molecule has 3 heterocycles. The number of likely N-dealkylation sites (N-methyl/N-ethyl adjacent to an activating group) is 1. The van der Waals surface area contributed by atoms with Crippen molar-refractivity contribution in [3.63, 3.8) is 0 Å². The Hall–Kier alpha value is -1.62. The number of aryl methyl sites for hydroxylation is 2. The smallest absolute Gasteiger partial charge is 0.227 e. The Bertz CT molecular complexity index is 663. The Morgan fingerprint density at radius 3 is 2.48 bits per heavy atom. The Morgan fingerprint density at radius 1 is 1.20 bits per heavy atom. The molecule has 0 radical (unpaired) electrons. The van der Waals surface area contributed by atoms with E-state index in [9.17, 15) is 4.79 Å². The van der Waals surface area contributed by atoms with Gasteiger partial charge in [-0.05, 0) is 38.6 Å². The van der Waals surface area contributed by atoms with Gasteiger partial charge in [0.1, 0.15) is 5.82 Å². The molecule has 0 unspecified atom stereocenters. The van der Waals surface area contributed by atoms with Gasteiger partial charge < -0.3 is 14.8 Å². The normalized spacial score (nSPS) is 32.4. The van der Waals surface area contributed by atoms with Gasteiger partial charge in [0.2, 0.25) is 5.91 Å². The molecule has 5 heteroatoms. The molecular weight excluding hydrogens is 312 g/mol. The minimum atomic E-state index is 0.0461. The fraction of sp³-hybridized carbons (Fsp3) is 0.700. The standard InChI is InChI=1S/C20H30N4O/c1-4-18-21-13(2)19(22-18)16-11-23(3)12-17(16)20(25)24-9-14-7-5-6-8-15(14)10-24/h5-6,14-17H,4,7-12H2,1-3H3,(H,21,22)/t14-,15+,16-,17-/m0/s1. The van der Waals surface area contributed by atoms with Crippen molar-refractivity contribution < 1.29 is 4.79 Å². The van der Waals surface area contributed by atoms with Crippen molar-refractivity contribution in [3.8, 4) is 0 Å². The molecule has 0 aromatic carbocycles. The number of carbonyl (C=O) groups is 1. The lowest BCUT2D eigenvalue weighted by Crippen LogP contribution is -2.37. The molecule has 3 aliphatic rings. The lowest BCUT2D eigenvalue weighted by Gasteiger charge is -2.24. The summed E-state index contributed by atoms with van der Waals surface area (Å²) in [6, 6.07) is 0. The van der Waals surface area contributed by atoms with Gasteiger partial charge in [-0.25, -0.2) is 4.98 Å². The number of nitrogens with zero attached hydrogens (tertiary/aromatic N) is 3. The average Bonchev–Trinajstić information content (AvgIpc) is 3.29. The predicted molar refractivity (Wildman–Crippen MR) is 98.4 cm³/mol. The summed E-state index contributed by atoms with van der Waals surface area (Å²) in [4.78, 5) is 26.0. The van der Waals surface area contributed by atoms with Crippen LogP contribution in [0.4, 0.5) is 0 Å². The highest BCUT2D eigenvalue weighted by Gasteiger charge is 2.44. The molecule has 4 atom stereocenters. The molecule has 1 N–H and O–H groups in total. The number of aromatic amines is 1. The third kappa shape index (κ3) is 3.03. The van der Waals surface area contributed by atoms with Crippen LogP contribution in [0.3, 0.4) is 0 Å². The van der Waals surface area contributed by atoms with Crippen molar-refractivity contribution in [2.75, 3.05) is 33.2 Å². The van der Waals surface area contributed by atoms with Gasteiger partial charge in [-0.3, -0.25) is 4.79 Å². The largest absolute Gasteiger partial charge is 0.346 e. The summed E-state index contributed by atoms with van der Waals surface area (Å²) < 4.78 is 0. The number of rotatable bonds is 3. The number of carbonyl (C=O) groups excluding carboxylic acids is 1. The second kappa shape index (κ2) is 6.60. The number of allylic oxidation sites excluding steroid dienone is 2. The zero-order valence-electron chi connectivity index (χ0n) is 15.7. The van der Waals surface area contributed by atoms with E-state index in [2.05, 4.69) is 47.8 Å². The van der Waals surface area contributed by atoms with Gasteiger partial charge in [0.15, 0.2) is 0 Å². The molecule has 25 heavy (non-hydrogen) atoms. The van der Waals surface area contributed by atoms with Gasteiger partial charge in [0.25, 0.3) is 0 Å². The highest BCUT2D eigenvalue weighted by atomic mass is 16.2. The van der Waals surface area contributed by atoms with Crippen molar-refractivity contribution >= 4 is 5.91 Å². The van der Waals surface area contributed by atoms with E-state index < -0.39 is 0 Å². The monoisotopic (exact) mass is 342 g/mol. The van der Waals surface area contributed by atoms with E-state index in [-0.39, 0.29) is 11.8 Å². The molecule has 2 fully saturated rings. The molecule has 2 saturated heterocycles. The Morgan fingerprint density at radius 2 is 1.88 bits per heavy atom. The second-order valence-corrected chi connectivity index (χ2v) is 8.19. The number of likely N-dealkylation sites (tertiary alicyclic amines) is 2. The molecule has 1 aliphatic carbocycles. The van der Waals surface area contributed by atoms with E-state index in [1.165, 1.54) is 0 Å². The van der Waals surface area contributed by atoms with Gasteiger partial charge in [0, 0.05) is 44.2 Å². The topological polar surface area (TPSA) is 52.2 Å². The Labute approximate surface area is 150 Å². The quantitative estimate of drug-likeness (QED) is 0.858. The molecule has 136 valence electrons. The van der Waals surface area contributed by atoms with Gasteiger partial charge in [-0.2, -0.15) is 0 Å². The number of amides is 1. The maximum Gasteiger partial charge on any atom is 0.227 e. The molecule has 4 rings (SSSR count). The number of H-pyrrole nitrogens is 1. The summed E-state index contributed by atoms with van der Waals surface area (Å²) in [5, 5.41) is 0. The van der Waals surface area contributed by atoms with E-state index in [0.717, 1.165) is 62.7 Å². The third-order valence-corrected chi connectivity index (χ3v) is 6.41. The zero-order valence-corrected chi connectivity index (χ0v) is 15.7. The van der Waals surface area contributed by atoms with Crippen molar-refractivity contribution in [2.24, 2.45) is 17.8 Å². The Balaban J connectivity index is 1.53. The third-order valence-electron chi connectivity index (χ3n) is 6.41. The van der Waals surface area contributed by atoms with Gasteiger partial charge >= 0.3 is 0 Å². The summed E-state index contributed by atoms with van der Waals surface area (Å²) in [6.07, 6.45) is 7.77. The maximum absolute atomic E-state index is 13.3. The van der Waals surface area contributed by atoms with Crippen molar-refractivity contribution in [2.45, 2.75) is 39.0 Å². The lowest BCUT2D eigenvalue weighted by atomic mass is 9.86. The fourth-order valence-corrected chi connectivity index (χ4v) is 5.02. The summed E-state index contributed by atoms with van der Waals surface area (Å²) in [7, 11) is 2.12. The summed E-state index contributed by atoms with van der Waals surface area (Å²) in [5.41, 5.74) is 2.24. The first kappa shape index (κ1) is 16.8. The van der Waals surface area contributed by atoms with Crippen molar-refractivity contribution in [3.05, 3.63) is 29.4 Å². The van der Waals surface area contributed by atoms with Crippen LogP contribution in [0, 0.1) is 24.7 Å². The van der Waals surface area contributed by atoms with Crippen LogP contribution in [-0.2, 0) is 11.2 Å². The second-order valence-electron chi connectivity index (χ2n) is 8.19. The van der Waals surface area contributed by atoms with Crippen LogP contribution in [0.15, 0.2) is 12.2 Å². The molecule has 1 aromatic heterocycles. The van der Waals surface area contributed by atoms with Crippen LogP contribution >= 0.6 is 0 Å². The highest BCUT2D eigenvalue weighted by molar-refractivity contribution is 5.81. The van der Waals surface area contributed by atoms with Crippen LogP contribution in [0.1, 0.15) is 42.9 Å². The molecule has 1 aromatic rings. The highest BCUT2D eigenvalue weighted by Crippen LogP contribution is 2.38. The molecule has 0 bridgehead atoms. The molecular formula is C20H30N4O. The van der Waals surface area contributed by atoms with Crippen LogP contribution in [0.25, 0.3) is 0 Å². The van der Waals surface area contributed by atoms with Crippen molar-refractivity contribution in [1.82, 2.24) is 19.8 Å². The van der Waals surface area contributed by atoms with E-state index in [1.807, 2.05) is 0 Å². The molecule has 2 aliphatic heterocycles. The van der Waals surface area contributed by atoms with E-state index in [4.69, 9.17) is 4.98 Å². The van der Waals surface area contributed by atoms with Gasteiger partial charge in [-0.1, -0.05) is 19.1 Å². The molecule has 0 saturated carbocycles. The summed E-state index contributed by atoms with van der Waals surface area (Å²) in [6.45, 7) is 7.87. The van der Waals surface area contributed by atoms with Crippen LogP contribution in [-0.4, -0.2) is 58.9 Å². The number of hydrogen-bond donors (Lipinski definition) is 1. The maximum atomic E-state index is 13.3. The minimum Gasteiger partial charge on any atom is -0.346 e. The first-order valence-electron chi connectivity index (χ1n) is 9.74. The van der Waals surface area contributed by atoms with Crippen molar-refractivity contribution in [1.29, 1.82) is 0 Å². The first-order chi connectivity index (χ1) is 12.1. The van der Waals surface area contributed by atoms with Crippen LogP contribution in [0.2, 0.25) is 0 Å². The number of hydrogen-bond acceptors (Lipinski definition) is 3. The minimum absolute atomic E-state index is 0.0461. The average molecular weight is 342 g/mol. The van der Waals surface area contributed by atoms with Crippen LogP contribution in [0.5, 0.6) is 0 Å². The number of fused-ring (bicyclic) bond motifs is 1. The summed E-state index contributed by atoms with van der Waals surface area (Å²) >= 11 is 0. The van der Waals surface area contributed by atoms with E-state index >= 15 is 0 Å². The SMILES string of the molecule is CCc1nc([C@H]2CN(C)C[C@@H]2C(=O)N2C[C@H]3CC=CC[C@H]3C2)c(C)[nH]1. The summed E-state index contributed by atoms with van der Waals surface area (Å²) in [5.74, 6) is 2.99. The predicted octanol–water partition coefficient (Wildman–Crippen LogP) is 2.35. The van der Waals surface area contributed by atoms with E-state index in [0.29, 0.717) is 17.7 Å². The number of nitrogens with one attached hydrogen (secondary N) is 1. The first-order valence-corrected chi connectivity index (χ1v) is 9.74.